The van der Waals surface area contributed by atoms with Crippen LogP contribution in [0.1, 0.15) is 26.2 Å². The number of hydrogen-bond acceptors (Lipinski definition) is 7. The van der Waals surface area contributed by atoms with Gasteiger partial charge in [0.2, 0.25) is 5.91 Å². The maximum atomic E-state index is 11.3. The molecule has 118 valence electrons. The van der Waals surface area contributed by atoms with E-state index < -0.39 is 54.7 Å². The van der Waals surface area contributed by atoms with Gasteiger partial charge in [0.15, 0.2) is 0 Å². The highest BCUT2D eigenvalue weighted by Gasteiger charge is 2.24. The Bertz CT molecular complexity index is 448. The van der Waals surface area contributed by atoms with Crippen molar-refractivity contribution >= 4 is 29.8 Å². The third-order valence-electron chi connectivity index (χ3n) is 2.22. The van der Waals surface area contributed by atoms with Crippen LogP contribution in [0.15, 0.2) is 0 Å². The smallest absolute Gasteiger partial charge is 0.331 e. The molecular weight excluding hydrogens is 288 g/mol. The van der Waals surface area contributed by atoms with Crippen molar-refractivity contribution in [1.82, 2.24) is 5.32 Å². The van der Waals surface area contributed by atoms with Crippen LogP contribution in [0.25, 0.3) is 0 Å². The Morgan fingerprint density at radius 3 is 2.19 bits per heavy atom. The highest BCUT2D eigenvalue weighted by atomic mass is 16.6. The number of nitrogens with one attached hydrogen (secondary N) is 1. The van der Waals surface area contributed by atoms with Crippen LogP contribution in [0.3, 0.4) is 0 Å². The maximum Gasteiger partial charge on any atom is 0.331 e. The van der Waals surface area contributed by atoms with Crippen LogP contribution in [0.5, 0.6) is 0 Å². The summed E-state index contributed by atoms with van der Waals surface area (Å²) >= 11 is 0. The summed E-state index contributed by atoms with van der Waals surface area (Å²) in [7, 11) is 0. The summed E-state index contributed by atoms with van der Waals surface area (Å²) in [5.41, 5.74) is 5.18. The van der Waals surface area contributed by atoms with Crippen LogP contribution in [0.2, 0.25) is 0 Å². The molecule has 0 aromatic carbocycles. The molecule has 0 saturated heterocycles. The summed E-state index contributed by atoms with van der Waals surface area (Å²) in [6.45, 7) is 1.11. The summed E-state index contributed by atoms with van der Waals surface area (Å²) in [6.07, 6.45) is -1.44. The number of hydrogen-bond donors (Lipinski definition) is 4. The van der Waals surface area contributed by atoms with Crippen LogP contribution in [0.4, 0.5) is 0 Å². The Hall–Kier alpha value is -2.49. The lowest BCUT2D eigenvalue weighted by Crippen LogP contribution is -2.40. The van der Waals surface area contributed by atoms with Gasteiger partial charge in [-0.05, 0) is 6.42 Å². The molecule has 2 atom stereocenters. The first kappa shape index (κ1) is 18.5. The second kappa shape index (κ2) is 8.64. The number of carboxylic acid groups (broad SMARTS) is 2. The fourth-order valence-electron chi connectivity index (χ4n) is 1.28. The van der Waals surface area contributed by atoms with Crippen LogP contribution in [-0.2, 0) is 28.7 Å². The van der Waals surface area contributed by atoms with Gasteiger partial charge in [-0.15, -0.1) is 0 Å². The average Bonchev–Trinajstić information content (AvgIpc) is 2.32. The quantitative estimate of drug-likeness (QED) is 0.299. The summed E-state index contributed by atoms with van der Waals surface area (Å²) < 4.78 is 4.28. The van der Waals surface area contributed by atoms with E-state index in [4.69, 9.17) is 15.9 Å². The van der Waals surface area contributed by atoms with E-state index in [2.05, 4.69) is 10.1 Å². The number of aliphatic carboxylic acids is 2. The van der Waals surface area contributed by atoms with Crippen molar-refractivity contribution in [3.63, 3.8) is 0 Å². The molecule has 1 amide bonds. The Kier molecular flexibility index (Phi) is 7.61. The SMILES string of the molecule is CC(=O)N[C@@H](CCC(=O)OC(=O)[C@@H](N)CC(=O)O)C(=O)O. The Labute approximate surface area is 119 Å². The number of ether oxygens (including phenoxy) is 1. The van der Waals surface area contributed by atoms with Gasteiger partial charge in [0, 0.05) is 13.3 Å². The average molecular weight is 304 g/mol. The number of nitrogens with two attached hydrogens (primary N) is 1. The highest BCUT2D eigenvalue weighted by molar-refractivity contribution is 5.90. The minimum absolute atomic E-state index is 0.283. The van der Waals surface area contributed by atoms with Crippen LogP contribution in [-0.4, -0.2) is 52.1 Å². The molecule has 0 spiro atoms. The molecule has 0 aliphatic carbocycles. The molecule has 10 heteroatoms. The molecule has 0 saturated carbocycles. The standard InChI is InChI=1S/C11H16N2O8/c1-5(14)13-7(10(18)19)2-3-9(17)21-11(20)6(12)4-8(15)16/h6-7H,2-4,12H2,1H3,(H,13,14)(H,15,16)(H,18,19)/t6-,7-/m0/s1. The zero-order valence-corrected chi connectivity index (χ0v) is 11.2. The van der Waals surface area contributed by atoms with E-state index >= 15 is 0 Å². The fraction of sp³-hybridized carbons (Fsp3) is 0.545. The number of carboxylic acids is 2. The predicted octanol–water partition coefficient (Wildman–Crippen LogP) is -1.77. The molecule has 5 N–H and O–H groups in total. The molecular formula is C11H16N2O8. The first-order valence-corrected chi connectivity index (χ1v) is 5.85. The minimum atomic E-state index is -1.49. The highest BCUT2D eigenvalue weighted by Crippen LogP contribution is 2.02. The number of amides is 1. The number of carbonyl (C=O) groups is 5. The monoisotopic (exact) mass is 304 g/mol. The van der Waals surface area contributed by atoms with Crippen molar-refractivity contribution in [3.8, 4) is 0 Å². The second-order valence-electron chi connectivity index (χ2n) is 4.13. The maximum absolute atomic E-state index is 11.3. The zero-order valence-electron chi connectivity index (χ0n) is 11.2. The third kappa shape index (κ3) is 8.31. The lowest BCUT2D eigenvalue weighted by atomic mass is 10.1. The van der Waals surface area contributed by atoms with Crippen LogP contribution < -0.4 is 11.1 Å². The molecule has 0 radical (unpaired) electrons. The first-order chi connectivity index (χ1) is 9.63. The molecule has 0 unspecified atom stereocenters. The first-order valence-electron chi connectivity index (χ1n) is 5.85. The second-order valence-corrected chi connectivity index (χ2v) is 4.13. The van der Waals surface area contributed by atoms with Gasteiger partial charge in [-0.25, -0.2) is 9.59 Å². The lowest BCUT2D eigenvalue weighted by molar-refractivity contribution is -0.162. The van der Waals surface area contributed by atoms with Crippen molar-refractivity contribution in [2.75, 3.05) is 0 Å². The van der Waals surface area contributed by atoms with Gasteiger partial charge in [0.1, 0.15) is 12.1 Å². The van der Waals surface area contributed by atoms with Crippen LogP contribution >= 0.6 is 0 Å². The van der Waals surface area contributed by atoms with Crippen molar-refractivity contribution in [1.29, 1.82) is 0 Å². The van der Waals surface area contributed by atoms with Gasteiger partial charge in [-0.3, -0.25) is 14.4 Å². The van der Waals surface area contributed by atoms with Crippen molar-refractivity contribution in [2.24, 2.45) is 5.73 Å². The molecule has 0 bridgehead atoms. The molecule has 0 heterocycles. The van der Waals surface area contributed by atoms with E-state index in [1.165, 1.54) is 0 Å². The largest absolute Gasteiger partial charge is 0.481 e. The summed E-state index contributed by atoms with van der Waals surface area (Å²) in [5, 5.41) is 19.3. The predicted molar refractivity (Wildman–Crippen MR) is 65.8 cm³/mol. The summed E-state index contributed by atoms with van der Waals surface area (Å²) in [6, 6.07) is -2.78. The van der Waals surface area contributed by atoms with E-state index in [0.717, 1.165) is 6.92 Å². The van der Waals surface area contributed by atoms with Crippen LogP contribution in [0, 0.1) is 0 Å². The molecule has 0 aliphatic heterocycles. The van der Waals surface area contributed by atoms with Gasteiger partial charge < -0.3 is 26.0 Å². The Balaban J connectivity index is 4.30. The van der Waals surface area contributed by atoms with Crippen molar-refractivity contribution < 1.29 is 38.9 Å². The third-order valence-corrected chi connectivity index (χ3v) is 2.22. The molecule has 0 aromatic heterocycles. The normalized spacial score (nSPS) is 12.9. The fourth-order valence-corrected chi connectivity index (χ4v) is 1.28. The van der Waals surface area contributed by atoms with Gasteiger partial charge >= 0.3 is 23.9 Å². The lowest BCUT2D eigenvalue weighted by Gasteiger charge is -2.13. The van der Waals surface area contributed by atoms with Gasteiger partial charge in [-0.2, -0.15) is 0 Å². The van der Waals surface area contributed by atoms with Gasteiger partial charge in [-0.1, -0.05) is 0 Å². The zero-order chi connectivity index (χ0) is 16.6. The molecule has 0 rings (SSSR count). The molecule has 10 nitrogen and oxygen atoms in total. The minimum Gasteiger partial charge on any atom is -0.481 e. The molecule has 0 fully saturated rings. The number of esters is 2. The van der Waals surface area contributed by atoms with Gasteiger partial charge in [0.05, 0.1) is 6.42 Å². The van der Waals surface area contributed by atoms with Crippen molar-refractivity contribution in [2.45, 2.75) is 38.3 Å². The van der Waals surface area contributed by atoms with E-state index in [1.807, 2.05) is 0 Å². The van der Waals surface area contributed by atoms with E-state index in [-0.39, 0.29) is 6.42 Å². The van der Waals surface area contributed by atoms with E-state index in [0.29, 0.717) is 0 Å². The Morgan fingerprint density at radius 1 is 1.19 bits per heavy atom. The van der Waals surface area contributed by atoms with Crippen molar-refractivity contribution in [3.05, 3.63) is 0 Å². The van der Waals surface area contributed by atoms with Gasteiger partial charge in [0.25, 0.3) is 0 Å². The van der Waals surface area contributed by atoms with E-state index in [1.54, 1.807) is 0 Å². The Morgan fingerprint density at radius 2 is 1.76 bits per heavy atom. The molecule has 0 aliphatic rings. The number of carbonyl (C=O) groups excluding carboxylic acids is 3. The summed E-state index contributed by atoms with van der Waals surface area (Å²) in [4.78, 5) is 54.4. The summed E-state index contributed by atoms with van der Waals surface area (Å²) in [5.74, 6) is -5.53. The topological polar surface area (TPSA) is 173 Å². The van der Waals surface area contributed by atoms with E-state index in [9.17, 15) is 24.0 Å². The molecule has 21 heavy (non-hydrogen) atoms. The number of rotatable bonds is 8. The molecule has 0 aromatic rings.